The third-order valence-electron chi connectivity index (χ3n) is 5.37. The molecule has 188 valence electrons. The van der Waals surface area contributed by atoms with Gasteiger partial charge < -0.3 is 4.74 Å². The van der Waals surface area contributed by atoms with E-state index in [-0.39, 0.29) is 5.13 Å². The van der Waals surface area contributed by atoms with Crippen LogP contribution in [-0.2, 0) is 9.59 Å². The maximum Gasteiger partial charge on any atom is 0.329 e. The second kappa shape index (κ2) is 11.3. The van der Waals surface area contributed by atoms with Crippen LogP contribution < -0.4 is 15.5 Å². The van der Waals surface area contributed by atoms with E-state index in [2.05, 4.69) is 26.0 Å². The SMILES string of the molecule is COc1ccc(-c2nn(-c3ccccc3)cc2/C=N/NC(=O)C(=O)Nc2nnc(-c3ccccc3)s2)cc1. The van der Waals surface area contributed by atoms with Crippen LogP contribution in [0.25, 0.3) is 27.5 Å². The minimum Gasteiger partial charge on any atom is -0.497 e. The number of methoxy groups -OCH3 is 1. The number of rotatable bonds is 7. The molecule has 0 bridgehead atoms. The van der Waals surface area contributed by atoms with Crippen LogP contribution in [0.5, 0.6) is 5.75 Å². The molecular weight excluding hydrogens is 502 g/mol. The van der Waals surface area contributed by atoms with Gasteiger partial charge in [-0.3, -0.25) is 14.9 Å². The summed E-state index contributed by atoms with van der Waals surface area (Å²) in [6.07, 6.45) is 3.23. The first-order valence-corrected chi connectivity index (χ1v) is 12.2. The molecule has 2 aromatic heterocycles. The molecule has 0 fully saturated rings. The molecule has 5 rings (SSSR count). The van der Waals surface area contributed by atoms with Crippen molar-refractivity contribution in [3.63, 3.8) is 0 Å². The zero-order valence-electron chi connectivity index (χ0n) is 20.1. The molecule has 0 saturated carbocycles. The van der Waals surface area contributed by atoms with Gasteiger partial charge in [-0.05, 0) is 36.4 Å². The molecular formula is C27H21N7O3S. The first-order chi connectivity index (χ1) is 18.6. The fourth-order valence-electron chi connectivity index (χ4n) is 3.50. The molecule has 0 aliphatic carbocycles. The van der Waals surface area contributed by atoms with E-state index in [9.17, 15) is 9.59 Å². The predicted octanol–water partition coefficient (Wildman–Crippen LogP) is 4.16. The average Bonchev–Trinajstić information content (AvgIpc) is 3.61. The first kappa shape index (κ1) is 24.5. The molecule has 5 aromatic rings. The molecule has 0 unspecified atom stereocenters. The molecule has 38 heavy (non-hydrogen) atoms. The largest absolute Gasteiger partial charge is 0.497 e. The van der Waals surface area contributed by atoms with Crippen LogP contribution in [0.15, 0.2) is 96.2 Å². The molecule has 0 saturated heterocycles. The van der Waals surface area contributed by atoms with Gasteiger partial charge in [0.2, 0.25) is 5.13 Å². The second-order valence-corrected chi connectivity index (χ2v) is 8.85. The molecule has 0 spiro atoms. The Bertz CT molecular complexity index is 1580. The maximum atomic E-state index is 12.4. The lowest BCUT2D eigenvalue weighted by molar-refractivity contribution is -0.136. The van der Waals surface area contributed by atoms with E-state index in [1.165, 1.54) is 6.21 Å². The first-order valence-electron chi connectivity index (χ1n) is 11.4. The van der Waals surface area contributed by atoms with Crippen molar-refractivity contribution in [3.8, 4) is 33.3 Å². The standard InChI is InChI=1S/C27H21N7O3S/c1-37-22-14-12-18(13-15-22)23-20(17-34(33-23)21-10-6-3-7-11-21)16-28-30-25(36)24(35)29-27-32-31-26(38-27)19-8-4-2-5-9-19/h2-17H,1H3,(H,30,36)(H,29,32,35)/b28-16+. The number of carbonyl (C=O) groups is 2. The van der Waals surface area contributed by atoms with E-state index >= 15 is 0 Å². The fourth-order valence-corrected chi connectivity index (χ4v) is 4.25. The van der Waals surface area contributed by atoms with Gasteiger partial charge in [0.1, 0.15) is 16.5 Å². The van der Waals surface area contributed by atoms with Gasteiger partial charge in [0.15, 0.2) is 0 Å². The highest BCUT2D eigenvalue weighted by molar-refractivity contribution is 7.18. The Morgan fingerprint density at radius 2 is 1.61 bits per heavy atom. The topological polar surface area (TPSA) is 123 Å². The summed E-state index contributed by atoms with van der Waals surface area (Å²) >= 11 is 1.16. The van der Waals surface area contributed by atoms with Crippen molar-refractivity contribution < 1.29 is 14.3 Å². The van der Waals surface area contributed by atoms with Gasteiger partial charge in [0.25, 0.3) is 0 Å². The number of anilines is 1. The van der Waals surface area contributed by atoms with Gasteiger partial charge in [-0.15, -0.1) is 10.2 Å². The fraction of sp³-hybridized carbons (Fsp3) is 0.0370. The van der Waals surface area contributed by atoms with Crippen molar-refractivity contribution in [1.82, 2.24) is 25.4 Å². The van der Waals surface area contributed by atoms with Crippen molar-refractivity contribution in [1.29, 1.82) is 0 Å². The molecule has 0 atom stereocenters. The molecule has 2 N–H and O–H groups in total. The van der Waals surface area contributed by atoms with E-state index in [0.29, 0.717) is 16.3 Å². The van der Waals surface area contributed by atoms with Crippen LogP contribution >= 0.6 is 11.3 Å². The molecule has 0 aliphatic heterocycles. The summed E-state index contributed by atoms with van der Waals surface area (Å²) in [6, 6.07) is 26.4. The number of ether oxygens (including phenoxy) is 1. The van der Waals surface area contributed by atoms with Crippen molar-refractivity contribution in [2.45, 2.75) is 0 Å². The number of aromatic nitrogens is 4. The number of carbonyl (C=O) groups excluding carboxylic acids is 2. The molecule has 0 radical (unpaired) electrons. The zero-order valence-corrected chi connectivity index (χ0v) is 20.9. The minimum atomic E-state index is -0.945. The summed E-state index contributed by atoms with van der Waals surface area (Å²) in [6.45, 7) is 0. The Labute approximate surface area is 221 Å². The Morgan fingerprint density at radius 1 is 0.895 bits per heavy atom. The summed E-state index contributed by atoms with van der Waals surface area (Å²) in [4.78, 5) is 24.7. The summed E-state index contributed by atoms with van der Waals surface area (Å²) < 4.78 is 6.96. The van der Waals surface area contributed by atoms with Crippen molar-refractivity contribution in [2.75, 3.05) is 12.4 Å². The molecule has 11 heteroatoms. The van der Waals surface area contributed by atoms with Crippen LogP contribution in [0.1, 0.15) is 5.56 Å². The predicted molar refractivity (Wildman–Crippen MR) is 145 cm³/mol. The Balaban J connectivity index is 1.30. The van der Waals surface area contributed by atoms with Crippen molar-refractivity contribution >= 4 is 34.5 Å². The second-order valence-electron chi connectivity index (χ2n) is 7.87. The van der Waals surface area contributed by atoms with E-state index in [1.54, 1.807) is 18.0 Å². The van der Waals surface area contributed by atoms with Crippen LogP contribution in [0.2, 0.25) is 0 Å². The van der Waals surface area contributed by atoms with Crippen LogP contribution in [-0.4, -0.2) is 45.1 Å². The quantitative estimate of drug-likeness (QED) is 0.188. The van der Waals surface area contributed by atoms with Gasteiger partial charge in [0, 0.05) is 22.9 Å². The number of hydrogen-bond donors (Lipinski definition) is 2. The molecule has 3 aromatic carbocycles. The maximum absolute atomic E-state index is 12.4. The van der Waals surface area contributed by atoms with Crippen molar-refractivity contribution in [3.05, 3.63) is 96.7 Å². The van der Waals surface area contributed by atoms with Crippen LogP contribution in [0.3, 0.4) is 0 Å². The third-order valence-corrected chi connectivity index (χ3v) is 6.26. The third kappa shape index (κ3) is 5.63. The molecule has 0 aliphatic rings. The normalized spacial score (nSPS) is 10.9. The molecule has 2 heterocycles. The Hall–Kier alpha value is -5.16. The molecule has 10 nitrogen and oxygen atoms in total. The highest BCUT2D eigenvalue weighted by Gasteiger charge is 2.17. The lowest BCUT2D eigenvalue weighted by atomic mass is 10.1. The van der Waals surface area contributed by atoms with E-state index < -0.39 is 11.8 Å². The smallest absolute Gasteiger partial charge is 0.329 e. The summed E-state index contributed by atoms with van der Waals surface area (Å²) in [5.74, 6) is -1.14. The summed E-state index contributed by atoms with van der Waals surface area (Å²) in [5.41, 5.74) is 6.08. The number of nitrogens with one attached hydrogen (secondary N) is 2. The van der Waals surface area contributed by atoms with Gasteiger partial charge in [-0.1, -0.05) is 59.9 Å². The number of hydrogen-bond acceptors (Lipinski definition) is 8. The highest BCUT2D eigenvalue weighted by atomic mass is 32.1. The van der Waals surface area contributed by atoms with Gasteiger partial charge in [-0.2, -0.15) is 10.2 Å². The van der Waals surface area contributed by atoms with E-state index in [4.69, 9.17) is 9.84 Å². The number of nitrogens with zero attached hydrogens (tertiary/aromatic N) is 5. The minimum absolute atomic E-state index is 0.207. The number of para-hydroxylation sites is 1. The van der Waals surface area contributed by atoms with Gasteiger partial charge in [-0.25, -0.2) is 10.1 Å². The summed E-state index contributed by atoms with van der Waals surface area (Å²) in [7, 11) is 1.60. The van der Waals surface area contributed by atoms with Crippen LogP contribution in [0, 0.1) is 0 Å². The Kier molecular flexibility index (Phi) is 7.27. The summed E-state index contributed by atoms with van der Waals surface area (Å²) in [5, 5.41) is 20.0. The van der Waals surface area contributed by atoms with Gasteiger partial charge in [0.05, 0.1) is 19.0 Å². The lowest BCUT2D eigenvalue weighted by Crippen LogP contribution is -2.32. The highest BCUT2D eigenvalue weighted by Crippen LogP contribution is 2.26. The average molecular weight is 524 g/mol. The monoisotopic (exact) mass is 523 g/mol. The van der Waals surface area contributed by atoms with E-state index in [1.807, 2.05) is 84.9 Å². The zero-order chi connectivity index (χ0) is 26.3. The van der Waals surface area contributed by atoms with Crippen molar-refractivity contribution in [2.24, 2.45) is 5.10 Å². The number of benzene rings is 3. The van der Waals surface area contributed by atoms with E-state index in [0.717, 1.165) is 33.9 Å². The Morgan fingerprint density at radius 3 is 2.32 bits per heavy atom. The molecule has 2 amide bonds. The lowest BCUT2D eigenvalue weighted by Gasteiger charge is -2.02. The van der Waals surface area contributed by atoms with Gasteiger partial charge >= 0.3 is 11.8 Å². The number of amides is 2. The van der Waals surface area contributed by atoms with Crippen LogP contribution in [0.4, 0.5) is 5.13 Å². The number of hydrazone groups is 1.